The van der Waals surface area contributed by atoms with Gasteiger partial charge in [-0.05, 0) is 118 Å². The molecule has 27 nitrogen and oxygen atoms in total. The highest BCUT2D eigenvalue weighted by Gasteiger charge is 2.27. The number of esters is 5. The second-order valence-corrected chi connectivity index (χ2v) is 29.3. The summed E-state index contributed by atoms with van der Waals surface area (Å²) in [6.45, 7) is 12.0. The van der Waals surface area contributed by atoms with Crippen molar-refractivity contribution >= 4 is 75.0 Å². The first-order valence-corrected chi connectivity index (χ1v) is 33.5. The molecule has 0 bridgehead atoms. The summed E-state index contributed by atoms with van der Waals surface area (Å²) >= 11 is 0. The Labute approximate surface area is 509 Å². The van der Waals surface area contributed by atoms with Crippen molar-refractivity contribution in [3.05, 3.63) is 154 Å². The monoisotopic (exact) mass is 1300 g/mol. The van der Waals surface area contributed by atoms with E-state index in [0.717, 1.165) is 48.6 Å². The number of benzene rings is 4. The van der Waals surface area contributed by atoms with Crippen LogP contribution in [0.2, 0.25) is 0 Å². The molecule has 0 aliphatic carbocycles. The fourth-order valence-corrected chi connectivity index (χ4v) is 10.9. The van der Waals surface area contributed by atoms with E-state index in [0.29, 0.717) is 44.6 Å². The average Bonchev–Trinajstić information content (AvgIpc) is 3.24. The van der Waals surface area contributed by atoms with Gasteiger partial charge in [-0.1, -0.05) is 96.1 Å². The van der Waals surface area contributed by atoms with E-state index in [9.17, 15) is 75.9 Å². The van der Waals surface area contributed by atoms with E-state index in [2.05, 4.69) is 42.2 Å². The molecule has 87 heavy (non-hydrogen) atoms. The minimum Gasteiger partial charge on any atom is -0.461 e. The Morgan fingerprint density at radius 3 is 1.40 bits per heavy atom. The quantitative estimate of drug-likeness (QED) is 0.0104. The number of Topliss-reactive ketones (excluding diaryl/α,β-unsaturated/α-hetero) is 1. The summed E-state index contributed by atoms with van der Waals surface area (Å²) in [7, 11) is -5.60. The summed E-state index contributed by atoms with van der Waals surface area (Å²) in [5.41, 5.74) is 3.77. The average molecular weight is 1300 g/mol. The molecular formula is C56H69N3O24S4. The van der Waals surface area contributed by atoms with Crippen LogP contribution < -0.4 is 14.2 Å². The Balaban J connectivity index is 0.000000456. The van der Waals surface area contributed by atoms with Gasteiger partial charge in [0.25, 0.3) is 15.3 Å². The fourth-order valence-electron chi connectivity index (χ4n) is 7.73. The van der Waals surface area contributed by atoms with Gasteiger partial charge < -0.3 is 38.2 Å². The molecule has 4 unspecified atom stereocenters. The Bertz CT molecular complexity index is 3270. The molecule has 0 N–H and O–H groups in total. The third-order valence-electron chi connectivity index (χ3n) is 11.9. The Hall–Kier alpha value is -7.90. The normalized spacial score (nSPS) is 12.6. The summed E-state index contributed by atoms with van der Waals surface area (Å²) < 4.78 is 71.6. The molecule has 0 aliphatic rings. The lowest BCUT2D eigenvalue weighted by Crippen LogP contribution is -2.29. The van der Waals surface area contributed by atoms with Crippen molar-refractivity contribution in [1.82, 2.24) is 0 Å². The Morgan fingerprint density at radius 1 is 0.540 bits per heavy atom. The highest BCUT2D eigenvalue weighted by atomic mass is 33.1. The first-order valence-electron chi connectivity index (χ1n) is 26.7. The number of hydrogen-bond acceptors (Lipinski definition) is 26. The third kappa shape index (κ3) is 28.9. The molecule has 0 radical (unpaired) electrons. The molecule has 0 amide bonds. The van der Waals surface area contributed by atoms with Crippen LogP contribution >= 0.6 is 21.6 Å². The van der Waals surface area contributed by atoms with Crippen molar-refractivity contribution in [1.29, 1.82) is 0 Å². The maximum atomic E-state index is 13.1. The number of carbonyl (C=O) groups is 6. The molecular weight excluding hydrogens is 1230 g/mol. The summed E-state index contributed by atoms with van der Waals surface area (Å²) in [6, 6.07) is 23.0. The molecule has 4 rings (SSSR count). The zero-order valence-corrected chi connectivity index (χ0v) is 52.4. The largest absolute Gasteiger partial charge is 0.461 e. The first kappa shape index (κ1) is 73.4. The number of carbonyl (C=O) groups excluding carboxylic acids is 6. The van der Waals surface area contributed by atoms with Crippen LogP contribution in [0.25, 0.3) is 0 Å². The van der Waals surface area contributed by atoms with E-state index in [1.54, 1.807) is 19.9 Å². The van der Waals surface area contributed by atoms with E-state index in [1.165, 1.54) is 23.8 Å². The van der Waals surface area contributed by atoms with Gasteiger partial charge in [-0.25, -0.2) is 26.4 Å². The van der Waals surface area contributed by atoms with Crippen LogP contribution in [0, 0.1) is 42.2 Å². The van der Waals surface area contributed by atoms with Gasteiger partial charge >= 0.3 is 29.8 Å². The van der Waals surface area contributed by atoms with E-state index >= 15 is 0 Å². The van der Waals surface area contributed by atoms with E-state index in [1.807, 2.05) is 55.5 Å². The van der Waals surface area contributed by atoms with Gasteiger partial charge in [0.15, 0.2) is 17.7 Å². The van der Waals surface area contributed by atoms with Crippen molar-refractivity contribution in [2.75, 3.05) is 43.8 Å². The minimum atomic E-state index is -3.41. The predicted molar refractivity (Wildman–Crippen MR) is 317 cm³/mol. The van der Waals surface area contributed by atoms with Gasteiger partial charge in [0.05, 0.1) is 18.8 Å². The van der Waals surface area contributed by atoms with Crippen molar-refractivity contribution < 1.29 is 99.1 Å². The zero-order chi connectivity index (χ0) is 65.2. The Morgan fingerprint density at radius 2 is 0.966 bits per heavy atom. The fraction of sp³-hybridized carbons (Fsp3) is 0.464. The molecule has 0 spiro atoms. The third-order valence-corrected chi connectivity index (χ3v) is 17.0. The second-order valence-electron chi connectivity index (χ2n) is 20.2. The lowest BCUT2D eigenvalue weighted by Gasteiger charge is -2.16. The van der Waals surface area contributed by atoms with E-state index < -0.39 is 118 Å². The van der Waals surface area contributed by atoms with Crippen LogP contribution in [0.1, 0.15) is 128 Å². The van der Waals surface area contributed by atoms with Crippen LogP contribution in [0.5, 0.6) is 17.2 Å². The van der Waals surface area contributed by atoms with Crippen molar-refractivity contribution in [2.24, 2.45) is 11.8 Å². The molecule has 0 heterocycles. The Kier molecular flexibility index (Phi) is 30.1. The molecule has 4 aromatic rings. The predicted octanol–water partition coefficient (Wildman–Crippen LogP) is 8.46. The molecule has 4 aromatic carbocycles. The number of hydrogen-bond donors (Lipinski definition) is 0. The first-order chi connectivity index (χ1) is 40.7. The zero-order valence-electron chi connectivity index (χ0n) is 49.1. The lowest BCUT2D eigenvalue weighted by atomic mass is 9.91. The molecule has 0 saturated carbocycles. The highest BCUT2D eigenvalue weighted by Crippen LogP contribution is 2.30. The van der Waals surface area contributed by atoms with Crippen LogP contribution in [0.3, 0.4) is 0 Å². The highest BCUT2D eigenvalue weighted by molar-refractivity contribution is 8.72. The smallest absolute Gasteiger partial charge is 0.342 e. The number of ketones is 1. The van der Waals surface area contributed by atoms with Gasteiger partial charge in [0, 0.05) is 36.4 Å². The van der Waals surface area contributed by atoms with Crippen LogP contribution in [0.4, 0.5) is 0 Å². The van der Waals surface area contributed by atoms with Crippen molar-refractivity contribution in [2.45, 2.75) is 111 Å². The summed E-state index contributed by atoms with van der Waals surface area (Å²) in [5.74, 6) is -5.74. The molecule has 4 atom stereocenters. The maximum Gasteiger partial charge on any atom is 0.342 e. The molecule has 476 valence electrons. The van der Waals surface area contributed by atoms with Crippen LogP contribution in [-0.4, -0.2) is 124 Å². The summed E-state index contributed by atoms with van der Waals surface area (Å²) in [6.07, 6.45) is -0.108. The standard InChI is InChI=1S/C29H37NO10S2.C27H32N2O14S2/c1-6-24(40-30(34)35)18-28(32)39-27-12-9-22(16-25(27)29(33)38-13-14-41-42(5,36)37)17-26(31)20(4)23-10-7-21(8-11-23)15-19(2)3;1-17(2)13-19-5-7-20(8-6-19)18(3)26(31)41-21-9-10-24(23(14-21)27(32)39-11-12-44-45(4,37)38)42-25(30)15-22(43-29(35)36)16-40-28(33)34/h7-12,16,19-20,24H,6,13-15,17-18H2,1-5H3;5-10,14,17-18,22H,11-13,15-16H2,1-4H3. The summed E-state index contributed by atoms with van der Waals surface area (Å²) in [5, 5.41) is 28.3. The van der Waals surface area contributed by atoms with Gasteiger partial charge in [0.2, 0.25) is 0 Å². The SMILES string of the molecule is CC(C)Cc1ccc(C(C)C(=O)Oc2ccc(OC(=O)CC(CO[N+](=O)[O-])O[N+](=O)[O-])c(C(=O)OCCSS(C)(=O)=O)c2)cc1.CCC(CC(=O)Oc1ccc(CC(=O)C(C)c2ccc(CC(C)C)cc2)cc1C(=O)OCCSS(C)(=O)=O)O[N+](=O)[O-]. The van der Waals surface area contributed by atoms with Gasteiger partial charge in [-0.3, -0.25) is 19.2 Å². The number of ether oxygens (including phenoxy) is 5. The van der Waals surface area contributed by atoms with Gasteiger partial charge in [-0.2, -0.15) is 0 Å². The van der Waals surface area contributed by atoms with E-state index in [-0.39, 0.29) is 60.4 Å². The maximum absolute atomic E-state index is 13.1. The molecule has 0 saturated heterocycles. The van der Waals surface area contributed by atoms with Crippen molar-refractivity contribution in [3.63, 3.8) is 0 Å². The summed E-state index contributed by atoms with van der Waals surface area (Å²) in [4.78, 5) is 121. The number of nitrogens with zero attached hydrogens (tertiary/aromatic N) is 3. The number of rotatable bonds is 35. The van der Waals surface area contributed by atoms with Gasteiger partial charge in [0.1, 0.15) is 66.2 Å². The second kappa shape index (κ2) is 35.7. The molecule has 0 aliphatic heterocycles. The molecule has 0 aromatic heterocycles. The molecule has 31 heteroatoms. The van der Waals surface area contributed by atoms with Crippen molar-refractivity contribution in [3.8, 4) is 17.2 Å². The van der Waals surface area contributed by atoms with Gasteiger partial charge in [-0.15, -0.1) is 30.3 Å². The van der Waals surface area contributed by atoms with Crippen LogP contribution in [-0.2, 0) is 80.2 Å². The minimum absolute atomic E-state index is 0.0120. The topological polar surface area (TPSA) is 374 Å². The lowest BCUT2D eigenvalue weighted by molar-refractivity contribution is -0.789. The van der Waals surface area contributed by atoms with Crippen LogP contribution in [0.15, 0.2) is 84.9 Å². The molecule has 0 fully saturated rings. The van der Waals surface area contributed by atoms with E-state index in [4.69, 9.17) is 23.7 Å².